The number of anilines is 1. The number of hydrogen-bond donors (Lipinski definition) is 1. The fraction of sp³-hybridized carbons (Fsp3) is 0.0741. The lowest BCUT2D eigenvalue weighted by Gasteiger charge is -2.09. The lowest BCUT2D eigenvalue weighted by molar-refractivity contribution is 0.482. The minimum atomic E-state index is -3.63. The Morgan fingerprint density at radius 2 is 1.45 bits per heavy atom. The smallest absolute Gasteiger partial charge is 0.261 e. The van der Waals surface area contributed by atoms with Crippen molar-refractivity contribution in [1.82, 2.24) is 0 Å². The number of rotatable bonds is 7. The van der Waals surface area contributed by atoms with Crippen molar-refractivity contribution < 1.29 is 13.2 Å². The Kier molecular flexibility index (Phi) is 5.67. The molecule has 4 aromatic rings. The molecular weight excluding hydrogens is 432 g/mol. The third-order valence-corrected chi connectivity index (χ3v) is 6.77. The summed E-state index contributed by atoms with van der Waals surface area (Å²) in [5.74, 6) is 1.59. The molecule has 4 aromatic carbocycles. The van der Waals surface area contributed by atoms with Crippen molar-refractivity contribution in [3.05, 3.63) is 114 Å². The zero-order valence-corrected chi connectivity index (χ0v) is 18.6. The largest absolute Gasteiger partial charge is 0.457 e. The molecule has 33 heavy (non-hydrogen) atoms. The van der Waals surface area contributed by atoms with Gasteiger partial charge in [-0.2, -0.15) is 0 Å². The maximum atomic E-state index is 12.6. The zero-order chi connectivity index (χ0) is 22.7. The average molecular weight is 455 g/mol. The van der Waals surface area contributed by atoms with Crippen LogP contribution in [0.2, 0.25) is 0 Å². The van der Waals surface area contributed by atoms with Crippen molar-refractivity contribution in [2.75, 3.05) is 4.72 Å². The molecule has 0 fully saturated rings. The molecule has 0 aliphatic carbocycles. The van der Waals surface area contributed by atoms with Gasteiger partial charge in [0.05, 0.1) is 16.3 Å². The van der Waals surface area contributed by atoms with E-state index >= 15 is 0 Å². The van der Waals surface area contributed by atoms with Gasteiger partial charge in [-0.15, -0.1) is 0 Å². The maximum Gasteiger partial charge on any atom is 0.261 e. The minimum absolute atomic E-state index is 0.231. The molecule has 5 nitrogen and oxygen atoms in total. The molecule has 0 bridgehead atoms. The summed E-state index contributed by atoms with van der Waals surface area (Å²) in [5, 5.41) is 0. The van der Waals surface area contributed by atoms with Crippen molar-refractivity contribution in [2.45, 2.75) is 17.7 Å². The molecule has 0 saturated heterocycles. The van der Waals surface area contributed by atoms with E-state index in [1.807, 2.05) is 60.7 Å². The Hall–Kier alpha value is -3.90. The summed E-state index contributed by atoms with van der Waals surface area (Å²) in [4.78, 5) is 4.98. The predicted octanol–water partition coefficient (Wildman–Crippen LogP) is 6.15. The van der Waals surface area contributed by atoms with Gasteiger partial charge < -0.3 is 4.74 Å². The second kappa shape index (κ2) is 8.92. The summed E-state index contributed by atoms with van der Waals surface area (Å²) >= 11 is 0. The van der Waals surface area contributed by atoms with Crippen LogP contribution in [0.15, 0.2) is 113 Å². The highest BCUT2D eigenvalue weighted by Crippen LogP contribution is 2.32. The molecule has 0 saturated carbocycles. The number of sulfonamides is 1. The number of ether oxygens (including phenoxy) is 1. The van der Waals surface area contributed by atoms with Crippen LogP contribution < -0.4 is 9.46 Å². The fourth-order valence-electron chi connectivity index (χ4n) is 3.76. The number of para-hydroxylation sites is 1. The van der Waals surface area contributed by atoms with Gasteiger partial charge in [0.2, 0.25) is 0 Å². The number of nitrogens with zero attached hydrogens (tertiary/aromatic N) is 1. The van der Waals surface area contributed by atoms with Crippen LogP contribution in [0.3, 0.4) is 0 Å². The quantitative estimate of drug-likeness (QED) is 0.364. The van der Waals surface area contributed by atoms with Gasteiger partial charge in [-0.3, -0.25) is 9.71 Å². The second-order valence-corrected chi connectivity index (χ2v) is 9.54. The van der Waals surface area contributed by atoms with Crippen molar-refractivity contribution in [3.8, 4) is 11.5 Å². The molecule has 0 radical (unpaired) electrons. The first kappa shape index (κ1) is 21.0. The van der Waals surface area contributed by atoms with Gasteiger partial charge in [0.15, 0.2) is 0 Å². The third-order valence-electron chi connectivity index (χ3n) is 5.37. The summed E-state index contributed by atoms with van der Waals surface area (Å²) in [6.45, 7) is 0. The molecule has 0 unspecified atom stereocenters. The molecule has 1 aliphatic rings. The van der Waals surface area contributed by atoms with Gasteiger partial charge in [0.1, 0.15) is 11.5 Å². The van der Waals surface area contributed by atoms with Gasteiger partial charge in [0.25, 0.3) is 10.0 Å². The molecule has 164 valence electrons. The molecule has 0 aromatic heterocycles. The number of hydrogen-bond acceptors (Lipinski definition) is 4. The summed E-state index contributed by atoms with van der Waals surface area (Å²) < 4.78 is 33.7. The monoisotopic (exact) mass is 454 g/mol. The first-order valence-electron chi connectivity index (χ1n) is 10.6. The van der Waals surface area contributed by atoms with E-state index in [0.717, 1.165) is 46.9 Å². The standard InChI is InChI=1S/C27H22N2O3S/c30-33(31,26-9-5-2-6-10-26)29-22-14-13-21-18-23(28-27(21)19-22)17-20-11-15-25(16-12-20)32-24-7-3-1-4-8-24/h1-16,19,29H,17-18H2. The molecule has 0 amide bonds. The van der Waals surface area contributed by atoms with E-state index in [1.54, 1.807) is 42.5 Å². The van der Waals surface area contributed by atoms with E-state index in [4.69, 9.17) is 9.73 Å². The Morgan fingerprint density at radius 1 is 0.788 bits per heavy atom. The molecule has 1 heterocycles. The van der Waals surface area contributed by atoms with E-state index < -0.39 is 10.0 Å². The number of aliphatic imine (C=N–C) groups is 1. The van der Waals surface area contributed by atoms with E-state index in [0.29, 0.717) is 5.69 Å². The highest BCUT2D eigenvalue weighted by molar-refractivity contribution is 7.92. The van der Waals surface area contributed by atoms with Crippen LogP contribution >= 0.6 is 0 Å². The van der Waals surface area contributed by atoms with E-state index in [-0.39, 0.29) is 4.90 Å². The average Bonchev–Trinajstić information content (AvgIpc) is 3.23. The minimum Gasteiger partial charge on any atom is -0.457 e. The predicted molar refractivity (Wildman–Crippen MR) is 131 cm³/mol. The number of nitrogens with one attached hydrogen (secondary N) is 1. The molecule has 0 atom stereocenters. The lowest BCUT2D eigenvalue weighted by atomic mass is 10.0. The van der Waals surface area contributed by atoms with Gasteiger partial charge in [-0.25, -0.2) is 8.42 Å². The molecule has 1 aliphatic heterocycles. The van der Waals surface area contributed by atoms with Crippen LogP contribution in [0.5, 0.6) is 11.5 Å². The first-order valence-corrected chi connectivity index (χ1v) is 12.1. The van der Waals surface area contributed by atoms with E-state index in [9.17, 15) is 8.42 Å². The topological polar surface area (TPSA) is 67.8 Å². The highest BCUT2D eigenvalue weighted by atomic mass is 32.2. The number of fused-ring (bicyclic) bond motifs is 1. The summed E-state index contributed by atoms with van der Waals surface area (Å²) in [5.41, 5.74) is 4.60. The Balaban J connectivity index is 1.26. The Bertz CT molecular complexity index is 1400. The van der Waals surface area contributed by atoms with Gasteiger partial charge in [0, 0.05) is 18.6 Å². The van der Waals surface area contributed by atoms with E-state index in [2.05, 4.69) is 4.72 Å². The van der Waals surface area contributed by atoms with Gasteiger partial charge in [-0.05, 0) is 59.7 Å². The van der Waals surface area contributed by atoms with Crippen molar-refractivity contribution in [3.63, 3.8) is 0 Å². The lowest BCUT2D eigenvalue weighted by Crippen LogP contribution is -2.12. The number of benzene rings is 4. The van der Waals surface area contributed by atoms with Crippen molar-refractivity contribution in [1.29, 1.82) is 0 Å². The molecule has 1 N–H and O–H groups in total. The Morgan fingerprint density at radius 3 is 2.18 bits per heavy atom. The summed E-state index contributed by atoms with van der Waals surface area (Å²) in [6.07, 6.45) is 1.48. The SMILES string of the molecule is O=S(=O)(Nc1ccc2c(c1)N=C(Cc1ccc(Oc3ccccc3)cc1)C2)c1ccccc1. The van der Waals surface area contributed by atoms with Gasteiger partial charge >= 0.3 is 0 Å². The summed E-state index contributed by atoms with van der Waals surface area (Å²) in [7, 11) is -3.63. The first-order chi connectivity index (χ1) is 16.0. The fourth-order valence-corrected chi connectivity index (χ4v) is 4.83. The third kappa shape index (κ3) is 4.96. The normalized spacial score (nSPS) is 12.7. The van der Waals surface area contributed by atoms with Crippen molar-refractivity contribution >= 4 is 27.1 Å². The molecule has 5 rings (SSSR count). The van der Waals surface area contributed by atoms with Crippen LogP contribution in [0, 0.1) is 0 Å². The molecular formula is C27H22N2O3S. The van der Waals surface area contributed by atoms with E-state index in [1.165, 1.54) is 0 Å². The van der Waals surface area contributed by atoms with Crippen LogP contribution in [-0.4, -0.2) is 14.1 Å². The zero-order valence-electron chi connectivity index (χ0n) is 17.8. The summed E-state index contributed by atoms with van der Waals surface area (Å²) in [6, 6.07) is 31.5. The van der Waals surface area contributed by atoms with Crippen molar-refractivity contribution in [2.24, 2.45) is 4.99 Å². The molecule has 0 spiro atoms. The maximum absolute atomic E-state index is 12.6. The second-order valence-electron chi connectivity index (χ2n) is 7.85. The van der Waals surface area contributed by atoms with Crippen LogP contribution in [0.1, 0.15) is 11.1 Å². The molecule has 6 heteroatoms. The van der Waals surface area contributed by atoms with Crippen LogP contribution in [0.4, 0.5) is 11.4 Å². The van der Waals surface area contributed by atoms with Crippen LogP contribution in [-0.2, 0) is 22.9 Å². The highest BCUT2D eigenvalue weighted by Gasteiger charge is 2.18. The van der Waals surface area contributed by atoms with Crippen LogP contribution in [0.25, 0.3) is 0 Å². The Labute approximate surface area is 193 Å². The van der Waals surface area contributed by atoms with Gasteiger partial charge in [-0.1, -0.05) is 54.6 Å².